The highest BCUT2D eigenvalue weighted by Crippen LogP contribution is 2.18. The van der Waals surface area contributed by atoms with Gasteiger partial charge in [-0.3, -0.25) is 5.43 Å². The Morgan fingerprint density at radius 3 is 2.73 bits per heavy atom. The third-order valence-corrected chi connectivity index (χ3v) is 6.15. The Morgan fingerprint density at radius 2 is 2.00 bits per heavy atom. The molecule has 0 unspecified atom stereocenters. The average Bonchev–Trinajstić information content (AvgIpc) is 2.76. The number of rotatable bonds is 11. The standard InChI is InChI=1S/C22H33N7O3S/c1-17(2)28-33(30,31)24-9-5-8-20-25-21(15-22(26-20)29-10-12-32-13-11-29)27-23-16-19-7-4-6-18(3)14-19/h4,6-7,14-17,24,28H,5,8-13H2,1-3H3,(H,25,26,27)/b23-16+. The Balaban J connectivity index is 1.67. The van der Waals surface area contributed by atoms with E-state index < -0.39 is 10.2 Å². The molecule has 10 nitrogen and oxygen atoms in total. The summed E-state index contributed by atoms with van der Waals surface area (Å²) in [4.78, 5) is 11.4. The molecule has 0 spiro atoms. The molecular formula is C22H33N7O3S. The number of hydrogen-bond donors (Lipinski definition) is 3. The maximum absolute atomic E-state index is 11.9. The monoisotopic (exact) mass is 475 g/mol. The smallest absolute Gasteiger partial charge is 0.277 e. The van der Waals surface area contributed by atoms with E-state index in [2.05, 4.69) is 29.9 Å². The minimum Gasteiger partial charge on any atom is -0.378 e. The van der Waals surface area contributed by atoms with Gasteiger partial charge in [0, 0.05) is 38.2 Å². The van der Waals surface area contributed by atoms with Crippen molar-refractivity contribution in [1.82, 2.24) is 19.4 Å². The Hall–Kier alpha value is -2.60. The van der Waals surface area contributed by atoms with Crippen molar-refractivity contribution in [3.63, 3.8) is 0 Å². The fourth-order valence-corrected chi connectivity index (χ4v) is 4.45. The van der Waals surface area contributed by atoms with E-state index in [9.17, 15) is 8.42 Å². The van der Waals surface area contributed by atoms with E-state index in [-0.39, 0.29) is 6.04 Å². The molecule has 0 atom stereocenters. The molecule has 1 saturated heterocycles. The zero-order valence-electron chi connectivity index (χ0n) is 19.4. The van der Waals surface area contributed by atoms with Gasteiger partial charge in [0.15, 0.2) is 5.82 Å². The first-order valence-electron chi connectivity index (χ1n) is 11.1. The summed E-state index contributed by atoms with van der Waals surface area (Å²) in [7, 11) is -3.50. The summed E-state index contributed by atoms with van der Waals surface area (Å²) in [5, 5.41) is 4.33. The van der Waals surface area contributed by atoms with Crippen molar-refractivity contribution in [2.75, 3.05) is 43.2 Å². The highest BCUT2D eigenvalue weighted by molar-refractivity contribution is 7.87. The zero-order valence-corrected chi connectivity index (χ0v) is 20.2. The van der Waals surface area contributed by atoms with Gasteiger partial charge in [0.1, 0.15) is 11.6 Å². The number of aryl methyl sites for hydroxylation is 2. The molecule has 1 aliphatic rings. The topological polar surface area (TPSA) is 121 Å². The van der Waals surface area contributed by atoms with Crippen LogP contribution in [0.1, 0.15) is 37.2 Å². The molecule has 180 valence electrons. The third kappa shape index (κ3) is 8.69. The largest absolute Gasteiger partial charge is 0.378 e. The van der Waals surface area contributed by atoms with Gasteiger partial charge in [-0.2, -0.15) is 18.2 Å². The summed E-state index contributed by atoms with van der Waals surface area (Å²) in [6, 6.07) is 9.77. The highest BCUT2D eigenvalue weighted by atomic mass is 32.2. The van der Waals surface area contributed by atoms with Crippen molar-refractivity contribution in [3.05, 3.63) is 47.3 Å². The van der Waals surface area contributed by atoms with Crippen LogP contribution in [0.15, 0.2) is 35.4 Å². The van der Waals surface area contributed by atoms with Crippen LogP contribution in [-0.2, 0) is 21.4 Å². The van der Waals surface area contributed by atoms with Gasteiger partial charge >= 0.3 is 0 Å². The number of nitrogens with one attached hydrogen (secondary N) is 3. The molecule has 0 radical (unpaired) electrons. The van der Waals surface area contributed by atoms with E-state index in [1.54, 1.807) is 20.1 Å². The van der Waals surface area contributed by atoms with Crippen molar-refractivity contribution in [2.45, 2.75) is 39.7 Å². The normalized spacial score (nSPS) is 14.8. The van der Waals surface area contributed by atoms with Crippen molar-refractivity contribution in [3.8, 4) is 0 Å². The van der Waals surface area contributed by atoms with Gasteiger partial charge in [0.05, 0.1) is 19.4 Å². The van der Waals surface area contributed by atoms with Gasteiger partial charge in [0.25, 0.3) is 10.2 Å². The molecule has 1 aromatic heterocycles. The molecule has 0 amide bonds. The number of hydrazone groups is 1. The van der Waals surface area contributed by atoms with Crippen LogP contribution in [0.25, 0.3) is 0 Å². The van der Waals surface area contributed by atoms with Crippen molar-refractivity contribution in [1.29, 1.82) is 0 Å². The minimum absolute atomic E-state index is 0.162. The van der Waals surface area contributed by atoms with Crippen LogP contribution >= 0.6 is 0 Å². The lowest BCUT2D eigenvalue weighted by molar-refractivity contribution is 0.122. The van der Waals surface area contributed by atoms with Crippen molar-refractivity contribution >= 4 is 28.1 Å². The maximum Gasteiger partial charge on any atom is 0.277 e. The number of ether oxygens (including phenoxy) is 1. The number of morpholine rings is 1. The summed E-state index contributed by atoms with van der Waals surface area (Å²) >= 11 is 0. The lowest BCUT2D eigenvalue weighted by Crippen LogP contribution is -2.40. The Morgan fingerprint density at radius 1 is 1.21 bits per heavy atom. The number of hydrogen-bond acceptors (Lipinski definition) is 8. The molecule has 0 bridgehead atoms. The molecule has 3 rings (SSSR count). The van der Waals surface area contributed by atoms with E-state index >= 15 is 0 Å². The summed E-state index contributed by atoms with van der Waals surface area (Å²) in [5.41, 5.74) is 5.16. The van der Waals surface area contributed by atoms with E-state index in [0.29, 0.717) is 44.2 Å². The fourth-order valence-electron chi connectivity index (χ4n) is 3.33. The molecule has 1 fully saturated rings. The fraction of sp³-hybridized carbons (Fsp3) is 0.500. The first-order valence-corrected chi connectivity index (χ1v) is 12.6. The first-order chi connectivity index (χ1) is 15.8. The van der Waals surface area contributed by atoms with Crippen LogP contribution in [0.5, 0.6) is 0 Å². The molecule has 2 heterocycles. The van der Waals surface area contributed by atoms with Crippen molar-refractivity contribution < 1.29 is 13.2 Å². The molecule has 1 aromatic carbocycles. The second kappa shape index (κ2) is 12.0. The lowest BCUT2D eigenvalue weighted by Gasteiger charge is -2.28. The predicted octanol–water partition coefficient (Wildman–Crippen LogP) is 1.83. The minimum atomic E-state index is -3.50. The van der Waals surface area contributed by atoms with Gasteiger partial charge in [0.2, 0.25) is 0 Å². The molecule has 2 aromatic rings. The summed E-state index contributed by atoms with van der Waals surface area (Å²) in [5.74, 6) is 2.02. The zero-order chi connectivity index (χ0) is 23.7. The lowest BCUT2D eigenvalue weighted by atomic mass is 10.2. The number of benzene rings is 1. The molecule has 33 heavy (non-hydrogen) atoms. The Bertz CT molecular complexity index is 1040. The van der Waals surface area contributed by atoms with Crippen LogP contribution in [-0.4, -0.2) is 63.5 Å². The second-order valence-electron chi connectivity index (χ2n) is 8.19. The highest BCUT2D eigenvalue weighted by Gasteiger charge is 2.15. The first kappa shape index (κ1) is 25.0. The van der Waals surface area contributed by atoms with Gasteiger partial charge in [-0.05, 0) is 32.8 Å². The quantitative estimate of drug-likeness (QED) is 0.258. The number of nitrogens with zero attached hydrogens (tertiary/aromatic N) is 4. The van der Waals surface area contributed by atoms with Gasteiger partial charge in [-0.15, -0.1) is 0 Å². The summed E-state index contributed by atoms with van der Waals surface area (Å²) < 4.78 is 34.4. The molecule has 0 saturated carbocycles. The molecule has 0 aliphatic carbocycles. The third-order valence-electron chi connectivity index (χ3n) is 4.79. The number of anilines is 2. The molecule has 11 heteroatoms. The van der Waals surface area contributed by atoms with Gasteiger partial charge in [-0.25, -0.2) is 14.7 Å². The number of aromatic nitrogens is 2. The van der Waals surface area contributed by atoms with E-state index in [1.807, 2.05) is 37.3 Å². The SMILES string of the molecule is Cc1cccc(/C=N/Nc2cc(N3CCOCC3)nc(CCCNS(=O)(=O)NC(C)C)n2)c1. The van der Waals surface area contributed by atoms with E-state index in [4.69, 9.17) is 9.72 Å². The van der Waals surface area contributed by atoms with E-state index in [0.717, 1.165) is 30.0 Å². The second-order valence-corrected chi connectivity index (χ2v) is 9.72. The Labute approximate surface area is 196 Å². The van der Waals surface area contributed by atoms with Crippen LogP contribution < -0.4 is 19.8 Å². The molecule has 3 N–H and O–H groups in total. The predicted molar refractivity (Wildman–Crippen MR) is 131 cm³/mol. The average molecular weight is 476 g/mol. The van der Waals surface area contributed by atoms with Crippen LogP contribution in [0.2, 0.25) is 0 Å². The molecule has 1 aliphatic heterocycles. The summed E-state index contributed by atoms with van der Waals surface area (Å²) in [6.45, 7) is 8.69. The Kier molecular flexibility index (Phi) is 9.12. The summed E-state index contributed by atoms with van der Waals surface area (Å²) in [6.07, 6.45) is 2.84. The van der Waals surface area contributed by atoms with Crippen LogP contribution in [0.4, 0.5) is 11.6 Å². The van der Waals surface area contributed by atoms with E-state index in [1.165, 1.54) is 0 Å². The maximum atomic E-state index is 11.9. The van der Waals surface area contributed by atoms with Crippen LogP contribution in [0, 0.1) is 6.92 Å². The van der Waals surface area contributed by atoms with Crippen LogP contribution in [0.3, 0.4) is 0 Å². The van der Waals surface area contributed by atoms with Gasteiger partial charge in [-0.1, -0.05) is 29.8 Å². The molecular weight excluding hydrogens is 442 g/mol. The van der Waals surface area contributed by atoms with Gasteiger partial charge < -0.3 is 9.64 Å². The van der Waals surface area contributed by atoms with Crippen molar-refractivity contribution in [2.24, 2.45) is 5.10 Å².